The smallest absolute Gasteiger partial charge is 0.295 e. The Bertz CT molecular complexity index is 1270. The number of aliphatic hydroxyl groups excluding tert-OH is 1. The van der Waals surface area contributed by atoms with Gasteiger partial charge in [-0.1, -0.05) is 35.3 Å². The third-order valence-electron chi connectivity index (χ3n) is 5.57. The molecule has 0 spiro atoms. The van der Waals surface area contributed by atoms with Crippen LogP contribution in [0.25, 0.3) is 5.76 Å². The van der Waals surface area contributed by atoms with E-state index in [1.54, 1.807) is 60.9 Å². The molecule has 1 N–H and O–H groups in total. The van der Waals surface area contributed by atoms with Crippen LogP contribution in [0.5, 0.6) is 11.5 Å². The number of pyridine rings is 1. The molecule has 1 aliphatic rings. The number of ether oxygens (including phenoxy) is 2. The van der Waals surface area contributed by atoms with Gasteiger partial charge in [0, 0.05) is 18.9 Å². The summed E-state index contributed by atoms with van der Waals surface area (Å²) in [6.45, 7) is 0.109. The molecule has 2 aromatic carbocycles. The number of rotatable bonds is 6. The van der Waals surface area contributed by atoms with Gasteiger partial charge in [-0.2, -0.15) is 0 Å². The largest absolute Gasteiger partial charge is 0.506 e. The fraction of sp³-hybridized carbons (Fsp3) is 0.160. The number of hydrogen-bond donors (Lipinski definition) is 1. The number of likely N-dealkylation sites (tertiary alicyclic amines) is 1. The van der Waals surface area contributed by atoms with Gasteiger partial charge in [-0.3, -0.25) is 14.6 Å². The predicted octanol–water partition coefficient (Wildman–Crippen LogP) is 5.03. The van der Waals surface area contributed by atoms with Crippen LogP contribution in [-0.2, 0) is 16.1 Å². The number of hydrogen-bond acceptors (Lipinski definition) is 6. The Morgan fingerprint density at radius 1 is 1.00 bits per heavy atom. The topological polar surface area (TPSA) is 89.0 Å². The van der Waals surface area contributed by atoms with Crippen molar-refractivity contribution >= 4 is 40.7 Å². The van der Waals surface area contributed by atoms with Crippen molar-refractivity contribution in [3.05, 3.63) is 93.2 Å². The Morgan fingerprint density at radius 3 is 2.24 bits per heavy atom. The van der Waals surface area contributed by atoms with Crippen LogP contribution in [0.1, 0.15) is 22.7 Å². The molecule has 1 aromatic heterocycles. The predicted molar refractivity (Wildman–Crippen MR) is 128 cm³/mol. The van der Waals surface area contributed by atoms with Crippen LogP contribution >= 0.6 is 23.2 Å². The van der Waals surface area contributed by atoms with Gasteiger partial charge in [0.2, 0.25) is 0 Å². The van der Waals surface area contributed by atoms with E-state index in [1.807, 2.05) is 0 Å². The normalized spacial score (nSPS) is 17.2. The lowest BCUT2D eigenvalue weighted by atomic mass is 9.94. The van der Waals surface area contributed by atoms with Crippen molar-refractivity contribution in [3.8, 4) is 11.5 Å². The summed E-state index contributed by atoms with van der Waals surface area (Å²) in [7, 11) is 2.87. The number of ketones is 1. The number of aliphatic hydroxyl groups is 1. The van der Waals surface area contributed by atoms with E-state index in [4.69, 9.17) is 32.7 Å². The molecule has 0 saturated carbocycles. The van der Waals surface area contributed by atoms with E-state index in [9.17, 15) is 14.7 Å². The molecule has 9 heteroatoms. The van der Waals surface area contributed by atoms with Crippen LogP contribution in [0.3, 0.4) is 0 Å². The molecule has 3 aromatic rings. The molecule has 34 heavy (non-hydrogen) atoms. The van der Waals surface area contributed by atoms with E-state index < -0.39 is 23.5 Å². The Balaban J connectivity index is 1.96. The Morgan fingerprint density at radius 2 is 1.65 bits per heavy atom. The number of amides is 1. The van der Waals surface area contributed by atoms with Crippen molar-refractivity contribution in [2.75, 3.05) is 14.2 Å². The number of aromatic nitrogens is 1. The highest BCUT2D eigenvalue weighted by Gasteiger charge is 2.46. The summed E-state index contributed by atoms with van der Waals surface area (Å²) < 4.78 is 10.8. The number of halogens is 2. The highest BCUT2D eigenvalue weighted by atomic mass is 35.5. The van der Waals surface area contributed by atoms with E-state index in [-0.39, 0.29) is 34.2 Å². The molecule has 0 aliphatic carbocycles. The van der Waals surface area contributed by atoms with Gasteiger partial charge < -0.3 is 19.5 Å². The summed E-state index contributed by atoms with van der Waals surface area (Å²) in [5, 5.41) is 12.0. The van der Waals surface area contributed by atoms with E-state index in [0.29, 0.717) is 10.6 Å². The summed E-state index contributed by atoms with van der Waals surface area (Å²) in [6.07, 6.45) is 3.19. The summed E-state index contributed by atoms with van der Waals surface area (Å²) in [5.74, 6) is -1.45. The van der Waals surface area contributed by atoms with Crippen molar-refractivity contribution in [3.63, 3.8) is 0 Å². The molecule has 1 aliphatic heterocycles. The van der Waals surface area contributed by atoms with Crippen molar-refractivity contribution in [1.82, 2.24) is 9.88 Å². The number of Topliss-reactive ketones (excluding diaryl/α,β-unsaturated/α-hetero) is 1. The zero-order valence-electron chi connectivity index (χ0n) is 18.3. The van der Waals surface area contributed by atoms with Crippen LogP contribution in [0.2, 0.25) is 10.0 Å². The zero-order chi connectivity index (χ0) is 24.4. The van der Waals surface area contributed by atoms with Gasteiger partial charge in [-0.15, -0.1) is 0 Å². The third-order valence-corrected chi connectivity index (χ3v) is 6.31. The zero-order valence-corrected chi connectivity index (χ0v) is 19.8. The van der Waals surface area contributed by atoms with E-state index >= 15 is 0 Å². The van der Waals surface area contributed by atoms with Crippen molar-refractivity contribution in [2.45, 2.75) is 12.6 Å². The number of nitrogens with zero attached hydrogens (tertiary/aromatic N) is 2. The summed E-state index contributed by atoms with van der Waals surface area (Å²) in [4.78, 5) is 31.9. The van der Waals surface area contributed by atoms with Crippen molar-refractivity contribution < 1.29 is 24.2 Å². The minimum absolute atomic E-state index is 0.109. The first-order chi connectivity index (χ1) is 16.4. The number of carbonyl (C=O) groups is 2. The number of benzene rings is 2. The molecule has 1 saturated heterocycles. The van der Waals surface area contributed by atoms with Crippen LogP contribution in [0, 0.1) is 0 Å². The summed E-state index contributed by atoms with van der Waals surface area (Å²) >= 11 is 12.4. The van der Waals surface area contributed by atoms with Crippen LogP contribution in [0.15, 0.2) is 66.5 Å². The van der Waals surface area contributed by atoms with Crippen LogP contribution in [-0.4, -0.2) is 40.9 Å². The van der Waals surface area contributed by atoms with Gasteiger partial charge in [0.15, 0.2) is 0 Å². The van der Waals surface area contributed by atoms with Crippen molar-refractivity contribution in [1.29, 1.82) is 0 Å². The van der Waals surface area contributed by atoms with E-state index in [1.165, 1.54) is 19.1 Å². The molecule has 1 unspecified atom stereocenters. The molecule has 174 valence electrons. The summed E-state index contributed by atoms with van der Waals surface area (Å²) in [5.41, 5.74) is 1.33. The van der Waals surface area contributed by atoms with Crippen LogP contribution < -0.4 is 9.47 Å². The highest BCUT2D eigenvalue weighted by molar-refractivity contribution is 6.47. The average Bonchev–Trinajstić information content (AvgIpc) is 3.10. The first-order valence-corrected chi connectivity index (χ1v) is 11.0. The maximum absolute atomic E-state index is 13.3. The van der Waals surface area contributed by atoms with Gasteiger partial charge in [0.1, 0.15) is 22.8 Å². The molecule has 1 fully saturated rings. The second-order valence-corrected chi connectivity index (χ2v) is 8.31. The molecule has 0 radical (unpaired) electrons. The van der Waals surface area contributed by atoms with Gasteiger partial charge in [0.05, 0.1) is 35.9 Å². The maximum Gasteiger partial charge on any atom is 0.295 e. The quantitative estimate of drug-likeness (QED) is 0.291. The lowest BCUT2D eigenvalue weighted by Gasteiger charge is -2.26. The number of methoxy groups -OCH3 is 2. The number of carbonyl (C=O) groups excluding carboxylic acids is 2. The Kier molecular flexibility index (Phi) is 6.77. The van der Waals surface area contributed by atoms with Gasteiger partial charge in [-0.25, -0.2) is 0 Å². The monoisotopic (exact) mass is 498 g/mol. The first-order valence-electron chi connectivity index (χ1n) is 10.2. The standard InChI is InChI=1S/C25H20Cl2N2O5/c1-33-18-4-3-5-19(34-2)20(18)23(30)21-22(15-6-7-16(26)17(27)12-15)29(25(32)24(21)31)13-14-8-10-28-11-9-14/h3-12,22,30H,13H2,1-2H3/b23-21+. The molecule has 2 heterocycles. The van der Waals surface area contributed by atoms with Gasteiger partial charge in [0.25, 0.3) is 11.7 Å². The van der Waals surface area contributed by atoms with E-state index in [0.717, 1.165) is 5.56 Å². The molecule has 7 nitrogen and oxygen atoms in total. The first kappa shape index (κ1) is 23.6. The molecule has 0 bridgehead atoms. The second kappa shape index (κ2) is 9.75. The second-order valence-electron chi connectivity index (χ2n) is 7.49. The fourth-order valence-electron chi connectivity index (χ4n) is 3.98. The van der Waals surface area contributed by atoms with E-state index in [2.05, 4.69) is 4.98 Å². The Labute approximate surface area is 206 Å². The third kappa shape index (κ3) is 4.20. The Hall–Kier alpha value is -3.55. The molecular weight excluding hydrogens is 479 g/mol. The molecule has 4 rings (SSSR count). The average molecular weight is 499 g/mol. The summed E-state index contributed by atoms with van der Waals surface area (Å²) in [6, 6.07) is 12.3. The van der Waals surface area contributed by atoms with Crippen molar-refractivity contribution in [2.24, 2.45) is 0 Å². The molecule has 1 atom stereocenters. The maximum atomic E-state index is 13.3. The minimum Gasteiger partial charge on any atom is -0.506 e. The lowest BCUT2D eigenvalue weighted by Crippen LogP contribution is -2.29. The minimum atomic E-state index is -0.933. The fourth-order valence-corrected chi connectivity index (χ4v) is 4.28. The van der Waals surface area contributed by atoms with Crippen LogP contribution in [0.4, 0.5) is 0 Å². The van der Waals surface area contributed by atoms with Gasteiger partial charge in [-0.05, 0) is 47.5 Å². The van der Waals surface area contributed by atoms with Gasteiger partial charge >= 0.3 is 0 Å². The lowest BCUT2D eigenvalue weighted by molar-refractivity contribution is -0.140. The highest BCUT2D eigenvalue weighted by Crippen LogP contribution is 2.44. The molecular formula is C25H20Cl2N2O5. The SMILES string of the molecule is COc1cccc(OC)c1/C(O)=C1\C(=O)C(=O)N(Cc2ccncc2)C1c1ccc(Cl)c(Cl)c1. The molecule has 1 amide bonds.